The highest BCUT2D eigenvalue weighted by molar-refractivity contribution is 7.90. The first kappa shape index (κ1) is 20.5. The van der Waals surface area contributed by atoms with E-state index in [4.69, 9.17) is 0 Å². The standard InChI is InChI=1S/C20H28N4O3S/c1-16-3-7-18(8-4-16)23-28(26,27)15-20(25)21-13-11-17-5-9-19(10-6-17)24-14-2-12-22-24/h2,5-6,9-10,12,14,16,18,23H,3-4,7-8,11,13,15H2,1H3,(H,21,25). The highest BCUT2D eigenvalue weighted by Crippen LogP contribution is 2.23. The molecule has 1 heterocycles. The number of sulfonamides is 1. The van der Waals surface area contributed by atoms with Crippen LogP contribution in [0.15, 0.2) is 42.7 Å². The summed E-state index contributed by atoms with van der Waals surface area (Å²) in [6, 6.07) is 9.70. The van der Waals surface area contributed by atoms with Crippen LogP contribution in [0.4, 0.5) is 0 Å². The molecule has 0 aliphatic heterocycles. The average molecular weight is 405 g/mol. The van der Waals surface area contributed by atoms with Crippen molar-refractivity contribution in [3.8, 4) is 5.69 Å². The molecule has 0 saturated heterocycles. The molecule has 2 N–H and O–H groups in total. The Labute approximate surface area is 166 Å². The summed E-state index contributed by atoms with van der Waals surface area (Å²) in [6.45, 7) is 2.58. The van der Waals surface area contributed by atoms with Gasteiger partial charge in [0, 0.05) is 25.0 Å². The number of nitrogens with one attached hydrogen (secondary N) is 2. The van der Waals surface area contributed by atoms with Crippen LogP contribution in [0.1, 0.15) is 38.2 Å². The topological polar surface area (TPSA) is 93.1 Å². The second-order valence-electron chi connectivity index (χ2n) is 7.55. The summed E-state index contributed by atoms with van der Waals surface area (Å²) in [5.41, 5.74) is 2.03. The summed E-state index contributed by atoms with van der Waals surface area (Å²) >= 11 is 0. The molecule has 1 amide bonds. The molecular weight excluding hydrogens is 376 g/mol. The Morgan fingerprint density at radius 1 is 1.18 bits per heavy atom. The zero-order valence-corrected chi connectivity index (χ0v) is 17.0. The van der Waals surface area contributed by atoms with E-state index < -0.39 is 21.7 Å². The first-order valence-electron chi connectivity index (χ1n) is 9.77. The van der Waals surface area contributed by atoms with Crippen LogP contribution in [0.25, 0.3) is 5.69 Å². The van der Waals surface area contributed by atoms with Crippen molar-refractivity contribution in [1.82, 2.24) is 19.8 Å². The first-order valence-corrected chi connectivity index (χ1v) is 11.4. The van der Waals surface area contributed by atoms with Gasteiger partial charge in [-0.15, -0.1) is 0 Å². The van der Waals surface area contributed by atoms with Crippen LogP contribution in [-0.4, -0.2) is 42.4 Å². The van der Waals surface area contributed by atoms with Gasteiger partial charge in [-0.1, -0.05) is 19.1 Å². The van der Waals surface area contributed by atoms with Gasteiger partial charge in [0.05, 0.1) is 5.69 Å². The summed E-state index contributed by atoms with van der Waals surface area (Å²) in [5.74, 6) is -0.334. The van der Waals surface area contributed by atoms with Crippen molar-refractivity contribution in [2.24, 2.45) is 5.92 Å². The van der Waals surface area contributed by atoms with Gasteiger partial charge in [-0.05, 0) is 61.8 Å². The fraction of sp³-hybridized carbons (Fsp3) is 0.500. The second kappa shape index (κ2) is 9.34. The first-order chi connectivity index (χ1) is 13.4. The molecule has 0 radical (unpaired) electrons. The van der Waals surface area contributed by atoms with Crippen LogP contribution in [0.2, 0.25) is 0 Å². The van der Waals surface area contributed by atoms with Gasteiger partial charge in [0.2, 0.25) is 15.9 Å². The maximum Gasteiger partial charge on any atom is 0.236 e. The predicted octanol–water partition coefficient (Wildman–Crippen LogP) is 2.03. The third-order valence-corrected chi connectivity index (χ3v) is 6.46. The summed E-state index contributed by atoms with van der Waals surface area (Å²) < 4.78 is 28.8. The number of aromatic nitrogens is 2. The molecule has 28 heavy (non-hydrogen) atoms. The third-order valence-electron chi connectivity index (χ3n) is 5.12. The van der Waals surface area contributed by atoms with Crippen molar-refractivity contribution >= 4 is 15.9 Å². The summed E-state index contributed by atoms with van der Waals surface area (Å²) in [7, 11) is -3.60. The number of amides is 1. The van der Waals surface area contributed by atoms with Crippen LogP contribution in [0.5, 0.6) is 0 Å². The van der Waals surface area contributed by atoms with Gasteiger partial charge in [0.1, 0.15) is 5.75 Å². The maximum atomic E-state index is 12.2. The van der Waals surface area contributed by atoms with Gasteiger partial charge in [-0.2, -0.15) is 5.10 Å². The summed E-state index contributed by atoms with van der Waals surface area (Å²) in [6.07, 6.45) is 7.97. The molecule has 1 fully saturated rings. The fourth-order valence-corrected chi connectivity index (χ4v) is 4.75. The molecule has 0 bridgehead atoms. The van der Waals surface area contributed by atoms with E-state index in [2.05, 4.69) is 22.1 Å². The quantitative estimate of drug-likeness (QED) is 0.704. The van der Waals surface area contributed by atoms with Crippen LogP contribution >= 0.6 is 0 Å². The van der Waals surface area contributed by atoms with Gasteiger partial charge >= 0.3 is 0 Å². The summed E-state index contributed by atoms with van der Waals surface area (Å²) in [5, 5.41) is 6.88. The second-order valence-corrected chi connectivity index (χ2v) is 9.30. The van der Waals surface area contributed by atoms with E-state index in [1.807, 2.05) is 36.5 Å². The van der Waals surface area contributed by atoms with Crippen molar-refractivity contribution in [1.29, 1.82) is 0 Å². The van der Waals surface area contributed by atoms with Crippen LogP contribution in [0.3, 0.4) is 0 Å². The Bertz CT molecular complexity index is 855. The number of hydrogen-bond acceptors (Lipinski definition) is 4. The highest BCUT2D eigenvalue weighted by atomic mass is 32.2. The lowest BCUT2D eigenvalue weighted by Gasteiger charge is -2.26. The fourth-order valence-electron chi connectivity index (χ4n) is 3.48. The van der Waals surface area contributed by atoms with Crippen molar-refractivity contribution in [3.63, 3.8) is 0 Å². The van der Waals surface area contributed by atoms with E-state index in [0.717, 1.165) is 36.9 Å². The van der Waals surface area contributed by atoms with Crippen molar-refractivity contribution < 1.29 is 13.2 Å². The van der Waals surface area contributed by atoms with E-state index in [9.17, 15) is 13.2 Å². The number of benzene rings is 1. The lowest BCUT2D eigenvalue weighted by atomic mass is 9.88. The molecule has 1 aromatic heterocycles. The molecule has 2 aromatic rings. The zero-order chi connectivity index (χ0) is 20.0. The number of carbonyl (C=O) groups is 1. The molecule has 1 aliphatic carbocycles. The SMILES string of the molecule is CC1CCC(NS(=O)(=O)CC(=O)NCCc2ccc(-n3cccn3)cc2)CC1. The number of nitrogens with zero attached hydrogens (tertiary/aromatic N) is 2. The highest BCUT2D eigenvalue weighted by Gasteiger charge is 2.24. The van der Waals surface area contributed by atoms with Crippen LogP contribution < -0.4 is 10.0 Å². The molecule has 1 aliphatic rings. The minimum absolute atomic E-state index is 0.0395. The minimum Gasteiger partial charge on any atom is -0.355 e. The Balaban J connectivity index is 1.40. The van der Waals surface area contributed by atoms with Gasteiger partial charge < -0.3 is 5.32 Å². The molecule has 3 rings (SSSR count). The lowest BCUT2D eigenvalue weighted by molar-refractivity contribution is -0.118. The van der Waals surface area contributed by atoms with E-state index in [1.54, 1.807) is 10.9 Å². The zero-order valence-electron chi connectivity index (χ0n) is 16.2. The van der Waals surface area contributed by atoms with Gasteiger partial charge in [0.15, 0.2) is 0 Å². The van der Waals surface area contributed by atoms with Crippen LogP contribution in [0, 0.1) is 5.92 Å². The molecule has 1 saturated carbocycles. The molecule has 0 unspecified atom stereocenters. The Morgan fingerprint density at radius 2 is 1.89 bits per heavy atom. The molecule has 1 aromatic carbocycles. The maximum absolute atomic E-state index is 12.2. The average Bonchev–Trinajstić information content (AvgIpc) is 3.18. The number of hydrogen-bond donors (Lipinski definition) is 2. The van der Waals surface area contributed by atoms with Crippen molar-refractivity contribution in [2.75, 3.05) is 12.3 Å². The molecular formula is C20H28N4O3S. The predicted molar refractivity (Wildman–Crippen MR) is 109 cm³/mol. The lowest BCUT2D eigenvalue weighted by Crippen LogP contribution is -2.42. The molecule has 0 atom stereocenters. The smallest absolute Gasteiger partial charge is 0.236 e. The molecule has 0 spiro atoms. The van der Waals surface area contributed by atoms with E-state index >= 15 is 0 Å². The van der Waals surface area contributed by atoms with Gasteiger partial charge in [-0.25, -0.2) is 17.8 Å². The molecule has 7 nitrogen and oxygen atoms in total. The van der Waals surface area contributed by atoms with Crippen molar-refractivity contribution in [3.05, 3.63) is 48.3 Å². The summed E-state index contributed by atoms with van der Waals surface area (Å²) in [4.78, 5) is 12.0. The number of carbonyl (C=O) groups excluding carboxylic acids is 1. The van der Waals surface area contributed by atoms with Crippen LogP contribution in [-0.2, 0) is 21.2 Å². The van der Waals surface area contributed by atoms with Gasteiger partial charge in [-0.3, -0.25) is 4.79 Å². The minimum atomic E-state index is -3.60. The van der Waals surface area contributed by atoms with Gasteiger partial charge in [0.25, 0.3) is 0 Å². The van der Waals surface area contributed by atoms with E-state index in [0.29, 0.717) is 18.9 Å². The molecule has 152 valence electrons. The monoisotopic (exact) mass is 404 g/mol. The van der Waals surface area contributed by atoms with E-state index in [1.165, 1.54) is 0 Å². The van der Waals surface area contributed by atoms with Crippen molar-refractivity contribution in [2.45, 2.75) is 45.1 Å². The number of rotatable bonds is 8. The largest absolute Gasteiger partial charge is 0.355 e. The Hall–Kier alpha value is -2.19. The third kappa shape index (κ3) is 6.17. The normalized spacial score (nSPS) is 20.0. The Kier molecular flexibility index (Phi) is 6.85. The van der Waals surface area contributed by atoms with E-state index in [-0.39, 0.29) is 6.04 Å². The Morgan fingerprint density at radius 3 is 2.54 bits per heavy atom. The molecule has 8 heteroatoms.